The monoisotopic (exact) mass is 319 g/mol. The molecule has 0 heterocycles. The van der Waals surface area contributed by atoms with Gasteiger partial charge < -0.3 is 15.2 Å². The fourth-order valence-corrected chi connectivity index (χ4v) is 1.80. The third kappa shape index (κ3) is 7.80. The molecule has 0 aromatic heterocycles. The standard InChI is InChI=1S/C17H21NO5/c1-2-3-4-5-12-23-17(22)13-6-8-14(9-7-13)18-15(19)10-11-16(20)21/h6-11H,2-5,12H2,1H3,(H,18,19)(H,20,21). The molecule has 0 atom stereocenters. The van der Waals surface area contributed by atoms with Gasteiger partial charge in [0, 0.05) is 17.8 Å². The van der Waals surface area contributed by atoms with Gasteiger partial charge in [0.2, 0.25) is 5.91 Å². The number of amides is 1. The summed E-state index contributed by atoms with van der Waals surface area (Å²) in [6, 6.07) is 6.20. The van der Waals surface area contributed by atoms with Crippen LogP contribution in [-0.4, -0.2) is 29.6 Å². The van der Waals surface area contributed by atoms with Crippen LogP contribution in [0.15, 0.2) is 36.4 Å². The van der Waals surface area contributed by atoms with Crippen LogP contribution in [0.2, 0.25) is 0 Å². The van der Waals surface area contributed by atoms with Crippen LogP contribution in [0.5, 0.6) is 0 Å². The number of carboxylic acid groups (broad SMARTS) is 1. The molecule has 1 aromatic carbocycles. The minimum Gasteiger partial charge on any atom is -0.478 e. The van der Waals surface area contributed by atoms with Crippen molar-refractivity contribution in [2.45, 2.75) is 32.6 Å². The van der Waals surface area contributed by atoms with E-state index < -0.39 is 17.8 Å². The number of hydrogen-bond donors (Lipinski definition) is 2. The summed E-state index contributed by atoms with van der Waals surface area (Å²) >= 11 is 0. The molecule has 0 aliphatic rings. The lowest BCUT2D eigenvalue weighted by molar-refractivity contribution is -0.131. The van der Waals surface area contributed by atoms with Crippen LogP contribution >= 0.6 is 0 Å². The Morgan fingerprint density at radius 2 is 1.78 bits per heavy atom. The second-order valence-electron chi connectivity index (χ2n) is 4.93. The van der Waals surface area contributed by atoms with Gasteiger partial charge >= 0.3 is 11.9 Å². The molecule has 124 valence electrons. The van der Waals surface area contributed by atoms with Gasteiger partial charge in [-0.1, -0.05) is 26.2 Å². The molecular weight excluding hydrogens is 298 g/mol. The molecular formula is C17H21NO5. The first-order valence-electron chi connectivity index (χ1n) is 7.52. The number of carboxylic acids is 1. The molecule has 6 heteroatoms. The van der Waals surface area contributed by atoms with Crippen molar-refractivity contribution >= 4 is 23.5 Å². The summed E-state index contributed by atoms with van der Waals surface area (Å²) in [7, 11) is 0. The first kappa shape index (κ1) is 18.4. The molecule has 0 fully saturated rings. The maximum Gasteiger partial charge on any atom is 0.338 e. The Balaban J connectivity index is 2.44. The Labute approximate surface area is 135 Å². The predicted octanol–water partition coefficient (Wildman–Crippen LogP) is 3.00. The second kappa shape index (κ2) is 10.2. The van der Waals surface area contributed by atoms with Crippen LogP contribution in [0.1, 0.15) is 43.0 Å². The SMILES string of the molecule is CCCCCCOC(=O)c1ccc(NC(=O)C=CC(=O)O)cc1. The quantitative estimate of drug-likeness (QED) is 0.414. The lowest BCUT2D eigenvalue weighted by Crippen LogP contribution is -2.10. The van der Waals surface area contributed by atoms with Crippen LogP contribution in [0.3, 0.4) is 0 Å². The van der Waals surface area contributed by atoms with Crippen molar-refractivity contribution in [2.75, 3.05) is 11.9 Å². The summed E-state index contributed by atoms with van der Waals surface area (Å²) in [6.45, 7) is 2.51. The van der Waals surface area contributed by atoms with E-state index in [9.17, 15) is 14.4 Å². The van der Waals surface area contributed by atoms with Gasteiger partial charge in [-0.15, -0.1) is 0 Å². The smallest absolute Gasteiger partial charge is 0.338 e. The Morgan fingerprint density at radius 3 is 2.39 bits per heavy atom. The van der Waals surface area contributed by atoms with Crippen LogP contribution in [0.4, 0.5) is 5.69 Å². The van der Waals surface area contributed by atoms with Crippen molar-refractivity contribution < 1.29 is 24.2 Å². The van der Waals surface area contributed by atoms with Gasteiger partial charge in [-0.3, -0.25) is 4.79 Å². The highest BCUT2D eigenvalue weighted by Gasteiger charge is 2.07. The maximum atomic E-state index is 11.8. The van der Waals surface area contributed by atoms with Crippen molar-refractivity contribution in [3.8, 4) is 0 Å². The molecule has 0 saturated heterocycles. The lowest BCUT2D eigenvalue weighted by atomic mass is 10.2. The van der Waals surface area contributed by atoms with Crippen LogP contribution in [0, 0.1) is 0 Å². The van der Waals surface area contributed by atoms with E-state index in [0.29, 0.717) is 17.9 Å². The molecule has 6 nitrogen and oxygen atoms in total. The number of aliphatic carboxylic acids is 1. The number of unbranched alkanes of at least 4 members (excludes halogenated alkanes) is 3. The van der Waals surface area contributed by atoms with Crippen molar-refractivity contribution in [1.29, 1.82) is 0 Å². The van der Waals surface area contributed by atoms with Crippen molar-refractivity contribution in [2.24, 2.45) is 0 Å². The summed E-state index contributed by atoms with van der Waals surface area (Å²) in [5.41, 5.74) is 0.865. The van der Waals surface area contributed by atoms with Crippen LogP contribution < -0.4 is 5.32 Å². The van der Waals surface area contributed by atoms with E-state index in [1.54, 1.807) is 24.3 Å². The third-order valence-electron chi connectivity index (χ3n) is 3.00. The fraction of sp³-hybridized carbons (Fsp3) is 0.353. The lowest BCUT2D eigenvalue weighted by Gasteiger charge is -2.06. The van der Waals surface area contributed by atoms with E-state index in [2.05, 4.69) is 12.2 Å². The highest BCUT2D eigenvalue weighted by atomic mass is 16.5. The van der Waals surface area contributed by atoms with Gasteiger partial charge in [0.1, 0.15) is 0 Å². The van der Waals surface area contributed by atoms with Gasteiger partial charge in [0.25, 0.3) is 0 Å². The number of ether oxygens (including phenoxy) is 1. The van der Waals surface area contributed by atoms with Gasteiger partial charge in [-0.05, 0) is 30.7 Å². The summed E-state index contributed by atoms with van der Waals surface area (Å²) in [4.78, 5) is 33.5. The van der Waals surface area contributed by atoms with Gasteiger partial charge in [0.15, 0.2) is 0 Å². The predicted molar refractivity (Wildman–Crippen MR) is 86.3 cm³/mol. The highest BCUT2D eigenvalue weighted by molar-refractivity contribution is 6.02. The van der Waals surface area contributed by atoms with Crippen LogP contribution in [-0.2, 0) is 14.3 Å². The molecule has 0 bridgehead atoms. The molecule has 1 rings (SSSR count). The normalized spacial score (nSPS) is 10.5. The minimum absolute atomic E-state index is 0.398. The zero-order valence-electron chi connectivity index (χ0n) is 13.1. The molecule has 0 aliphatic carbocycles. The van der Waals surface area contributed by atoms with E-state index in [-0.39, 0.29) is 0 Å². The number of carbonyl (C=O) groups is 3. The Hall–Kier alpha value is -2.63. The molecule has 0 saturated carbocycles. The Morgan fingerprint density at radius 1 is 1.09 bits per heavy atom. The average molecular weight is 319 g/mol. The van der Waals surface area contributed by atoms with Crippen molar-refractivity contribution in [1.82, 2.24) is 0 Å². The van der Waals surface area contributed by atoms with Gasteiger partial charge in [0.05, 0.1) is 12.2 Å². The van der Waals surface area contributed by atoms with E-state index in [0.717, 1.165) is 37.8 Å². The molecule has 23 heavy (non-hydrogen) atoms. The maximum absolute atomic E-state index is 11.8. The van der Waals surface area contributed by atoms with Crippen LogP contribution in [0.25, 0.3) is 0 Å². The number of benzene rings is 1. The van der Waals surface area contributed by atoms with Gasteiger partial charge in [-0.25, -0.2) is 9.59 Å². The molecule has 1 amide bonds. The molecule has 0 aliphatic heterocycles. The first-order chi connectivity index (χ1) is 11.0. The van der Waals surface area contributed by atoms with Crippen molar-refractivity contribution in [3.63, 3.8) is 0 Å². The van der Waals surface area contributed by atoms with E-state index in [4.69, 9.17) is 9.84 Å². The minimum atomic E-state index is -1.20. The molecule has 0 spiro atoms. The number of rotatable bonds is 9. The fourth-order valence-electron chi connectivity index (χ4n) is 1.80. The van der Waals surface area contributed by atoms with Crippen molar-refractivity contribution in [3.05, 3.63) is 42.0 Å². The first-order valence-corrected chi connectivity index (χ1v) is 7.52. The van der Waals surface area contributed by atoms with Gasteiger partial charge in [-0.2, -0.15) is 0 Å². The summed E-state index contributed by atoms with van der Waals surface area (Å²) in [6.07, 6.45) is 5.81. The molecule has 0 unspecified atom stereocenters. The second-order valence-corrected chi connectivity index (χ2v) is 4.93. The number of anilines is 1. The topological polar surface area (TPSA) is 92.7 Å². The molecule has 1 aromatic rings. The molecule has 0 radical (unpaired) electrons. The van der Waals surface area contributed by atoms with E-state index >= 15 is 0 Å². The number of hydrogen-bond acceptors (Lipinski definition) is 4. The third-order valence-corrected chi connectivity index (χ3v) is 3.00. The highest BCUT2D eigenvalue weighted by Crippen LogP contribution is 2.11. The zero-order chi connectivity index (χ0) is 17.1. The average Bonchev–Trinajstić information content (AvgIpc) is 2.53. The Bertz CT molecular complexity index is 563. The van der Waals surface area contributed by atoms with E-state index in [1.807, 2.05) is 0 Å². The van der Waals surface area contributed by atoms with E-state index in [1.165, 1.54) is 0 Å². The summed E-state index contributed by atoms with van der Waals surface area (Å²) in [5, 5.41) is 10.9. The summed E-state index contributed by atoms with van der Waals surface area (Å²) < 4.78 is 5.16. The zero-order valence-corrected chi connectivity index (χ0v) is 13.1. The molecule has 2 N–H and O–H groups in total. The number of esters is 1. The largest absolute Gasteiger partial charge is 0.478 e. The summed E-state index contributed by atoms with van der Waals surface area (Å²) in [5.74, 6) is -2.15. The number of carbonyl (C=O) groups excluding carboxylic acids is 2. The number of nitrogens with one attached hydrogen (secondary N) is 1. The Kier molecular flexibility index (Phi) is 8.13.